The fourth-order valence-electron chi connectivity index (χ4n) is 3.17. The number of benzene rings is 1. The molecule has 29 heavy (non-hydrogen) atoms. The highest BCUT2D eigenvalue weighted by Gasteiger charge is 2.20. The first-order valence-corrected chi connectivity index (χ1v) is 12.2. The molecule has 0 aliphatic carbocycles. The van der Waals surface area contributed by atoms with Gasteiger partial charge in [-0.05, 0) is 42.5 Å². The average molecular weight is 432 g/mol. The van der Waals surface area contributed by atoms with Gasteiger partial charge < -0.3 is 0 Å². The Labute approximate surface area is 175 Å². The summed E-state index contributed by atoms with van der Waals surface area (Å²) in [6, 6.07) is 10.2. The van der Waals surface area contributed by atoms with Crippen LogP contribution < -0.4 is 5.14 Å². The molecule has 1 aromatic carbocycles. The molecule has 0 saturated heterocycles. The lowest BCUT2D eigenvalue weighted by Gasteiger charge is -2.17. The van der Waals surface area contributed by atoms with Gasteiger partial charge in [0, 0.05) is 23.7 Å². The van der Waals surface area contributed by atoms with Gasteiger partial charge in [-0.1, -0.05) is 43.8 Å². The fraction of sp³-hybridized carbons (Fsp3) is 0.350. The van der Waals surface area contributed by atoms with E-state index in [1.54, 1.807) is 12.4 Å². The molecule has 0 fully saturated rings. The van der Waals surface area contributed by atoms with Crippen LogP contribution in [-0.2, 0) is 22.9 Å². The van der Waals surface area contributed by atoms with E-state index in [0.29, 0.717) is 12.2 Å². The van der Waals surface area contributed by atoms with Gasteiger partial charge in [0.25, 0.3) is 0 Å². The lowest BCUT2D eigenvalue weighted by molar-refractivity contribution is 0.596. The molecule has 0 amide bonds. The van der Waals surface area contributed by atoms with Crippen molar-refractivity contribution in [3.05, 3.63) is 53.9 Å². The van der Waals surface area contributed by atoms with Crippen LogP contribution >= 0.6 is 11.8 Å². The molecule has 3 rings (SSSR count). The Kier molecular flexibility index (Phi) is 7.05. The third-order valence-electron chi connectivity index (χ3n) is 4.55. The van der Waals surface area contributed by atoms with E-state index in [1.165, 1.54) is 22.9 Å². The fourth-order valence-corrected chi connectivity index (χ4v) is 4.78. The van der Waals surface area contributed by atoms with Crippen LogP contribution in [0.4, 0.5) is 0 Å². The number of thioether (sulfide) groups is 1. The molecule has 2 aromatic heterocycles. The highest BCUT2D eigenvalue weighted by Crippen LogP contribution is 2.32. The van der Waals surface area contributed by atoms with Crippen molar-refractivity contribution in [2.24, 2.45) is 5.14 Å². The van der Waals surface area contributed by atoms with Crippen molar-refractivity contribution >= 4 is 21.8 Å². The average Bonchev–Trinajstić information content (AvgIpc) is 3.13. The molecule has 7 nitrogen and oxygen atoms in total. The van der Waals surface area contributed by atoms with E-state index in [0.717, 1.165) is 35.1 Å². The second-order valence-electron chi connectivity index (χ2n) is 6.58. The number of hydrogen-bond donors (Lipinski definition) is 1. The molecule has 0 unspecified atom stereocenters. The van der Waals surface area contributed by atoms with Crippen LogP contribution in [0.15, 0.2) is 47.9 Å². The lowest BCUT2D eigenvalue weighted by Crippen LogP contribution is -2.16. The number of pyridine rings is 1. The first kappa shape index (κ1) is 21.5. The van der Waals surface area contributed by atoms with E-state index in [2.05, 4.69) is 51.8 Å². The standard InChI is InChI=1S/C20H25N5O2S2/c1-3-15-8-5-9-16(4-2)18(15)25-19(17-10-6-11-22-14-17)23-24-20(25)28-12-7-13-29(21,26)27/h5-6,8-11,14H,3-4,7,12-13H2,1-2H3,(H2,21,26,27). The highest BCUT2D eigenvalue weighted by atomic mass is 32.2. The van der Waals surface area contributed by atoms with Crippen molar-refractivity contribution < 1.29 is 8.42 Å². The minimum Gasteiger partial charge on any atom is -0.269 e. The van der Waals surface area contributed by atoms with Crippen molar-refractivity contribution in [2.75, 3.05) is 11.5 Å². The zero-order chi connectivity index (χ0) is 20.9. The van der Waals surface area contributed by atoms with Crippen LogP contribution in [0.1, 0.15) is 31.4 Å². The van der Waals surface area contributed by atoms with E-state index in [1.807, 2.05) is 12.1 Å². The van der Waals surface area contributed by atoms with Gasteiger partial charge >= 0.3 is 0 Å². The smallest absolute Gasteiger partial charge is 0.209 e. The van der Waals surface area contributed by atoms with E-state index in [9.17, 15) is 8.42 Å². The molecule has 9 heteroatoms. The summed E-state index contributed by atoms with van der Waals surface area (Å²) in [5, 5.41) is 14.7. The number of hydrogen-bond acceptors (Lipinski definition) is 6. The molecular weight excluding hydrogens is 406 g/mol. The third-order valence-corrected chi connectivity index (χ3v) is 6.42. The van der Waals surface area contributed by atoms with Gasteiger partial charge in [-0.3, -0.25) is 9.55 Å². The van der Waals surface area contributed by atoms with Crippen LogP contribution in [0.2, 0.25) is 0 Å². The van der Waals surface area contributed by atoms with Gasteiger partial charge in [0.05, 0.1) is 11.4 Å². The Morgan fingerprint density at radius 2 is 1.79 bits per heavy atom. The van der Waals surface area contributed by atoms with E-state index in [4.69, 9.17) is 5.14 Å². The summed E-state index contributed by atoms with van der Waals surface area (Å²) in [5.41, 5.74) is 4.39. The molecule has 0 atom stereocenters. The summed E-state index contributed by atoms with van der Waals surface area (Å²) in [6.45, 7) is 4.26. The van der Waals surface area contributed by atoms with Crippen molar-refractivity contribution in [3.8, 4) is 17.1 Å². The molecule has 2 heterocycles. The number of nitrogens with zero attached hydrogens (tertiary/aromatic N) is 4. The molecule has 154 valence electrons. The lowest BCUT2D eigenvalue weighted by atomic mass is 10.0. The first-order chi connectivity index (χ1) is 13.9. The maximum absolute atomic E-state index is 11.2. The monoisotopic (exact) mass is 431 g/mol. The Hall–Kier alpha value is -2.23. The topological polar surface area (TPSA) is 104 Å². The van der Waals surface area contributed by atoms with Crippen LogP contribution in [0, 0.1) is 0 Å². The van der Waals surface area contributed by atoms with Crippen molar-refractivity contribution in [1.29, 1.82) is 0 Å². The maximum Gasteiger partial charge on any atom is 0.209 e. The molecule has 3 aromatic rings. The molecule has 0 aliphatic heterocycles. The van der Waals surface area contributed by atoms with Crippen LogP contribution in [0.5, 0.6) is 0 Å². The SMILES string of the molecule is CCc1cccc(CC)c1-n1c(SCCCS(N)(=O)=O)nnc1-c1cccnc1. The molecular formula is C20H25N5O2S2. The van der Waals surface area contributed by atoms with E-state index in [-0.39, 0.29) is 5.75 Å². The Balaban J connectivity index is 2.07. The Morgan fingerprint density at radius 1 is 1.07 bits per heavy atom. The number of primary sulfonamides is 1. The first-order valence-electron chi connectivity index (χ1n) is 9.54. The number of aryl methyl sites for hydroxylation is 2. The van der Waals surface area contributed by atoms with Crippen LogP contribution in [0.25, 0.3) is 17.1 Å². The number of aromatic nitrogens is 4. The third kappa shape index (κ3) is 5.23. The summed E-state index contributed by atoms with van der Waals surface area (Å²) in [4.78, 5) is 4.22. The number of rotatable bonds is 9. The quantitative estimate of drug-likeness (QED) is 0.412. The Morgan fingerprint density at radius 3 is 2.38 bits per heavy atom. The number of sulfonamides is 1. The van der Waals surface area contributed by atoms with Crippen LogP contribution in [0.3, 0.4) is 0 Å². The van der Waals surface area contributed by atoms with Gasteiger partial charge in [-0.25, -0.2) is 13.6 Å². The summed E-state index contributed by atoms with van der Waals surface area (Å²) in [5.74, 6) is 1.26. The Bertz CT molecular complexity index is 1040. The predicted molar refractivity (Wildman–Crippen MR) is 117 cm³/mol. The second-order valence-corrected chi connectivity index (χ2v) is 9.38. The van der Waals surface area contributed by atoms with E-state index < -0.39 is 10.0 Å². The zero-order valence-corrected chi connectivity index (χ0v) is 18.2. The summed E-state index contributed by atoms with van der Waals surface area (Å²) in [7, 11) is -3.46. The molecule has 0 spiro atoms. The molecule has 0 radical (unpaired) electrons. The largest absolute Gasteiger partial charge is 0.269 e. The minimum atomic E-state index is -3.46. The van der Waals surface area contributed by atoms with Gasteiger partial charge in [0.15, 0.2) is 11.0 Å². The van der Waals surface area contributed by atoms with Crippen molar-refractivity contribution in [2.45, 2.75) is 38.3 Å². The normalized spacial score (nSPS) is 11.7. The molecule has 2 N–H and O–H groups in total. The summed E-state index contributed by atoms with van der Waals surface area (Å²) in [6.07, 6.45) is 5.71. The molecule has 0 bridgehead atoms. The zero-order valence-electron chi connectivity index (χ0n) is 16.6. The van der Waals surface area contributed by atoms with Crippen LogP contribution in [-0.4, -0.2) is 39.7 Å². The predicted octanol–water partition coefficient (Wildman–Crippen LogP) is 3.22. The molecule has 0 aliphatic rings. The van der Waals surface area contributed by atoms with Crippen molar-refractivity contribution in [3.63, 3.8) is 0 Å². The van der Waals surface area contributed by atoms with Gasteiger partial charge in [0.2, 0.25) is 10.0 Å². The van der Waals surface area contributed by atoms with E-state index >= 15 is 0 Å². The summed E-state index contributed by atoms with van der Waals surface area (Å²) >= 11 is 1.49. The summed E-state index contributed by atoms with van der Waals surface area (Å²) < 4.78 is 24.5. The molecule has 0 saturated carbocycles. The van der Waals surface area contributed by atoms with Gasteiger partial charge in [-0.15, -0.1) is 10.2 Å². The second kappa shape index (κ2) is 9.51. The van der Waals surface area contributed by atoms with Gasteiger partial charge in [-0.2, -0.15) is 0 Å². The minimum absolute atomic E-state index is 0.0463. The number of para-hydroxylation sites is 1. The van der Waals surface area contributed by atoms with Crippen molar-refractivity contribution in [1.82, 2.24) is 19.7 Å². The van der Waals surface area contributed by atoms with Gasteiger partial charge in [0.1, 0.15) is 0 Å². The highest BCUT2D eigenvalue weighted by molar-refractivity contribution is 7.99. The number of nitrogens with two attached hydrogens (primary N) is 1. The maximum atomic E-state index is 11.2.